The third-order valence-corrected chi connectivity index (χ3v) is 3.67. The van der Waals surface area contributed by atoms with E-state index in [1.165, 1.54) is 25.9 Å². The van der Waals surface area contributed by atoms with Gasteiger partial charge in [-0.15, -0.1) is 12.4 Å². The highest BCUT2D eigenvalue weighted by Crippen LogP contribution is 2.25. The van der Waals surface area contributed by atoms with Gasteiger partial charge in [-0.25, -0.2) is 0 Å². The van der Waals surface area contributed by atoms with Crippen LogP contribution in [0.15, 0.2) is 4.52 Å². The fourth-order valence-electron chi connectivity index (χ4n) is 2.86. The first-order valence-corrected chi connectivity index (χ1v) is 6.06. The first kappa shape index (κ1) is 12.8. The molecule has 0 saturated carbocycles. The van der Waals surface area contributed by atoms with E-state index in [2.05, 4.69) is 20.4 Å². The van der Waals surface area contributed by atoms with Gasteiger partial charge in [0.1, 0.15) is 0 Å². The number of piperidine rings is 1. The topological polar surface area (TPSA) is 54.2 Å². The van der Waals surface area contributed by atoms with E-state index in [-0.39, 0.29) is 12.4 Å². The summed E-state index contributed by atoms with van der Waals surface area (Å²) < 4.78 is 5.16. The van der Waals surface area contributed by atoms with Crippen molar-refractivity contribution < 1.29 is 4.52 Å². The van der Waals surface area contributed by atoms with Crippen LogP contribution in [0, 0.1) is 12.8 Å². The maximum atomic E-state index is 5.16. The average molecular weight is 259 g/mol. The minimum Gasteiger partial charge on any atom is -0.338 e. The Kier molecular flexibility index (Phi) is 4.01. The molecule has 2 unspecified atom stereocenters. The van der Waals surface area contributed by atoms with Crippen molar-refractivity contribution in [2.45, 2.75) is 32.4 Å². The van der Waals surface area contributed by atoms with Gasteiger partial charge in [0.25, 0.3) is 0 Å². The second kappa shape index (κ2) is 5.33. The molecule has 2 aliphatic rings. The summed E-state index contributed by atoms with van der Waals surface area (Å²) in [4.78, 5) is 6.69. The van der Waals surface area contributed by atoms with Crippen molar-refractivity contribution in [2.24, 2.45) is 5.92 Å². The summed E-state index contributed by atoms with van der Waals surface area (Å²) in [5.41, 5.74) is 0. The Morgan fingerprint density at radius 3 is 3.12 bits per heavy atom. The lowest BCUT2D eigenvalue weighted by Crippen LogP contribution is -2.43. The first-order chi connectivity index (χ1) is 7.81. The number of hydrogen-bond donors (Lipinski definition) is 1. The standard InChI is InChI=1S/C11H18N4O.ClH/c1-8-13-11(16-14-8)7-15-5-3-10-9(6-15)2-4-12-10;/h9-10,12H,2-7H2,1H3;1H. The zero-order valence-corrected chi connectivity index (χ0v) is 10.9. The molecule has 96 valence electrons. The Balaban J connectivity index is 0.00000108. The molecule has 2 atom stereocenters. The van der Waals surface area contributed by atoms with Crippen LogP contribution in [-0.4, -0.2) is 40.7 Å². The van der Waals surface area contributed by atoms with Crippen LogP contribution in [0.3, 0.4) is 0 Å². The van der Waals surface area contributed by atoms with Gasteiger partial charge in [0.15, 0.2) is 5.82 Å². The van der Waals surface area contributed by atoms with Crippen LogP contribution in [-0.2, 0) is 6.54 Å². The summed E-state index contributed by atoms with van der Waals surface area (Å²) in [5.74, 6) is 2.30. The molecule has 1 aromatic heterocycles. The summed E-state index contributed by atoms with van der Waals surface area (Å²) in [6.07, 6.45) is 2.56. The highest BCUT2D eigenvalue weighted by molar-refractivity contribution is 5.85. The molecular weight excluding hydrogens is 240 g/mol. The number of fused-ring (bicyclic) bond motifs is 1. The lowest BCUT2D eigenvalue weighted by molar-refractivity contribution is 0.140. The van der Waals surface area contributed by atoms with Gasteiger partial charge in [-0.1, -0.05) is 5.16 Å². The number of aryl methyl sites for hydroxylation is 1. The van der Waals surface area contributed by atoms with Gasteiger partial charge in [0.2, 0.25) is 5.89 Å². The van der Waals surface area contributed by atoms with Crippen molar-refractivity contribution in [3.05, 3.63) is 11.7 Å². The molecular formula is C11H19ClN4O. The van der Waals surface area contributed by atoms with Crippen LogP contribution < -0.4 is 5.32 Å². The SMILES string of the molecule is Cc1noc(CN2CCC3NCCC3C2)n1.Cl. The summed E-state index contributed by atoms with van der Waals surface area (Å²) in [7, 11) is 0. The van der Waals surface area contributed by atoms with E-state index < -0.39 is 0 Å². The highest BCUT2D eigenvalue weighted by Gasteiger charge is 2.32. The minimum atomic E-state index is 0. The molecule has 6 heteroatoms. The average Bonchev–Trinajstić information content (AvgIpc) is 2.87. The molecule has 2 saturated heterocycles. The zero-order chi connectivity index (χ0) is 11.0. The Hall–Kier alpha value is -0.650. The largest absolute Gasteiger partial charge is 0.338 e. The maximum Gasteiger partial charge on any atom is 0.240 e. The number of rotatable bonds is 2. The maximum absolute atomic E-state index is 5.16. The van der Waals surface area contributed by atoms with Gasteiger partial charge in [0.05, 0.1) is 6.54 Å². The van der Waals surface area contributed by atoms with Gasteiger partial charge in [0, 0.05) is 19.1 Å². The van der Waals surface area contributed by atoms with Crippen molar-refractivity contribution in [1.29, 1.82) is 0 Å². The van der Waals surface area contributed by atoms with Crippen LogP contribution in [0.2, 0.25) is 0 Å². The monoisotopic (exact) mass is 258 g/mol. The van der Waals surface area contributed by atoms with Crippen LogP contribution >= 0.6 is 12.4 Å². The number of nitrogens with zero attached hydrogens (tertiary/aromatic N) is 3. The molecule has 0 spiro atoms. The van der Waals surface area contributed by atoms with Crippen LogP contribution in [0.1, 0.15) is 24.6 Å². The predicted octanol–water partition coefficient (Wildman–Crippen LogP) is 0.984. The summed E-state index contributed by atoms with van der Waals surface area (Å²) >= 11 is 0. The van der Waals surface area contributed by atoms with E-state index in [1.54, 1.807) is 0 Å². The zero-order valence-electron chi connectivity index (χ0n) is 10.1. The summed E-state index contributed by atoms with van der Waals surface area (Å²) in [5, 5.41) is 7.39. The molecule has 2 aliphatic heterocycles. The van der Waals surface area contributed by atoms with E-state index in [4.69, 9.17) is 4.52 Å². The Morgan fingerprint density at radius 2 is 2.35 bits per heavy atom. The van der Waals surface area contributed by atoms with Crippen LogP contribution in [0.5, 0.6) is 0 Å². The Bertz CT molecular complexity index is 370. The minimum absolute atomic E-state index is 0. The van der Waals surface area contributed by atoms with Crippen molar-refractivity contribution in [3.63, 3.8) is 0 Å². The molecule has 3 rings (SSSR count). The normalized spacial score (nSPS) is 28.8. The van der Waals surface area contributed by atoms with Gasteiger partial charge >= 0.3 is 0 Å². The predicted molar refractivity (Wildman–Crippen MR) is 66.1 cm³/mol. The van der Waals surface area contributed by atoms with Gasteiger partial charge < -0.3 is 9.84 Å². The van der Waals surface area contributed by atoms with Crippen molar-refractivity contribution >= 4 is 12.4 Å². The Labute approximate surface area is 107 Å². The third kappa shape index (κ3) is 2.78. The van der Waals surface area contributed by atoms with E-state index in [1.807, 2.05) is 6.92 Å². The molecule has 0 aromatic carbocycles. The fourth-order valence-corrected chi connectivity index (χ4v) is 2.86. The number of hydrogen-bond acceptors (Lipinski definition) is 5. The van der Waals surface area contributed by atoms with E-state index in [0.717, 1.165) is 36.8 Å². The molecule has 0 aliphatic carbocycles. The molecule has 17 heavy (non-hydrogen) atoms. The quantitative estimate of drug-likeness (QED) is 0.857. The smallest absolute Gasteiger partial charge is 0.240 e. The fraction of sp³-hybridized carbons (Fsp3) is 0.818. The van der Waals surface area contributed by atoms with E-state index >= 15 is 0 Å². The Morgan fingerprint density at radius 1 is 1.47 bits per heavy atom. The van der Waals surface area contributed by atoms with E-state index in [9.17, 15) is 0 Å². The van der Waals surface area contributed by atoms with Crippen molar-refractivity contribution in [3.8, 4) is 0 Å². The van der Waals surface area contributed by atoms with Crippen LogP contribution in [0.25, 0.3) is 0 Å². The van der Waals surface area contributed by atoms with Crippen molar-refractivity contribution in [1.82, 2.24) is 20.4 Å². The number of nitrogens with one attached hydrogen (secondary N) is 1. The van der Waals surface area contributed by atoms with Gasteiger partial charge in [-0.05, 0) is 32.2 Å². The molecule has 5 nitrogen and oxygen atoms in total. The molecule has 0 amide bonds. The lowest BCUT2D eigenvalue weighted by Gasteiger charge is -2.33. The number of likely N-dealkylation sites (tertiary alicyclic amines) is 1. The number of aromatic nitrogens is 2. The molecule has 1 aromatic rings. The molecule has 2 fully saturated rings. The molecule has 0 bridgehead atoms. The highest BCUT2D eigenvalue weighted by atomic mass is 35.5. The van der Waals surface area contributed by atoms with E-state index in [0.29, 0.717) is 0 Å². The van der Waals surface area contributed by atoms with Gasteiger partial charge in [-0.3, -0.25) is 4.90 Å². The third-order valence-electron chi connectivity index (χ3n) is 3.67. The molecule has 3 heterocycles. The van der Waals surface area contributed by atoms with Crippen molar-refractivity contribution in [2.75, 3.05) is 19.6 Å². The first-order valence-electron chi connectivity index (χ1n) is 6.06. The van der Waals surface area contributed by atoms with Gasteiger partial charge in [-0.2, -0.15) is 4.98 Å². The summed E-state index contributed by atoms with van der Waals surface area (Å²) in [6.45, 7) is 6.15. The second-order valence-corrected chi connectivity index (χ2v) is 4.87. The molecule has 0 radical (unpaired) electrons. The number of halogens is 1. The van der Waals surface area contributed by atoms with Crippen LogP contribution in [0.4, 0.5) is 0 Å². The lowest BCUT2D eigenvalue weighted by atomic mass is 9.93. The molecule has 1 N–H and O–H groups in total. The summed E-state index contributed by atoms with van der Waals surface area (Å²) in [6, 6.07) is 0.751. The second-order valence-electron chi connectivity index (χ2n) is 4.87.